The SMILES string of the molecule is CC1CC(C)C(C2N=C(C3CCCC4C3OC3C=CC=CC3C4(C3C=CC=CC3)C3CCCCC3)N=C(C3CCCC4=C3OC3CCCC=C3C4(C3C=CC=CC3)C3CCCCC3)N2)C(C)C1. The molecule has 5 fully saturated rings. The van der Waals surface area contributed by atoms with E-state index < -0.39 is 0 Å². The molecule has 0 aromatic heterocycles. The fourth-order valence-electron chi connectivity index (χ4n) is 18.8. The number of hydrogen-bond acceptors (Lipinski definition) is 5. The first-order chi connectivity index (χ1) is 33.0. The number of nitrogens with zero attached hydrogens (tertiary/aromatic N) is 2. The molecule has 360 valence electrons. The van der Waals surface area contributed by atoms with Gasteiger partial charge in [-0.3, -0.25) is 0 Å². The van der Waals surface area contributed by atoms with Crippen molar-refractivity contribution in [2.24, 2.45) is 91.8 Å². The first-order valence-electron chi connectivity index (χ1n) is 28.7. The average Bonchev–Trinajstić information content (AvgIpc) is 3.37. The van der Waals surface area contributed by atoms with Crippen molar-refractivity contribution in [3.63, 3.8) is 0 Å². The van der Waals surface area contributed by atoms with Gasteiger partial charge in [-0.25, -0.2) is 9.98 Å². The van der Waals surface area contributed by atoms with Gasteiger partial charge in [0.2, 0.25) is 0 Å². The predicted molar refractivity (Wildman–Crippen MR) is 275 cm³/mol. The van der Waals surface area contributed by atoms with Crippen LogP contribution < -0.4 is 5.32 Å². The van der Waals surface area contributed by atoms with Crippen LogP contribution in [0.25, 0.3) is 0 Å². The second-order valence-corrected chi connectivity index (χ2v) is 24.5. The molecule has 0 aromatic rings. The van der Waals surface area contributed by atoms with Gasteiger partial charge >= 0.3 is 0 Å². The normalized spacial score (nSPS) is 45.4. The largest absolute Gasteiger partial charge is 0.490 e. The number of amidine groups is 2. The van der Waals surface area contributed by atoms with Gasteiger partial charge in [0.15, 0.2) is 0 Å². The Labute approximate surface area is 405 Å². The highest BCUT2D eigenvalue weighted by Gasteiger charge is 2.64. The van der Waals surface area contributed by atoms with E-state index in [0.29, 0.717) is 53.3 Å². The minimum atomic E-state index is 0.0259. The van der Waals surface area contributed by atoms with E-state index in [1.54, 1.807) is 11.1 Å². The van der Waals surface area contributed by atoms with Gasteiger partial charge in [0.1, 0.15) is 29.7 Å². The van der Waals surface area contributed by atoms with Gasteiger partial charge in [0.05, 0.1) is 18.1 Å². The van der Waals surface area contributed by atoms with Crippen LogP contribution >= 0.6 is 0 Å². The minimum Gasteiger partial charge on any atom is -0.490 e. The molecule has 0 amide bonds. The van der Waals surface area contributed by atoms with Gasteiger partial charge in [-0.2, -0.15) is 0 Å². The molecule has 3 aliphatic heterocycles. The Balaban J connectivity index is 0.990. The second kappa shape index (κ2) is 18.9. The van der Waals surface area contributed by atoms with Crippen LogP contribution in [0.15, 0.2) is 106 Å². The zero-order chi connectivity index (χ0) is 45.1. The molecule has 0 spiro atoms. The van der Waals surface area contributed by atoms with Gasteiger partial charge < -0.3 is 14.8 Å². The van der Waals surface area contributed by atoms with Crippen LogP contribution in [0.5, 0.6) is 0 Å². The summed E-state index contributed by atoms with van der Waals surface area (Å²) in [5.74, 6) is 9.69. The molecule has 0 aromatic carbocycles. The highest BCUT2D eigenvalue weighted by Crippen LogP contribution is 2.66. The van der Waals surface area contributed by atoms with Crippen molar-refractivity contribution in [1.29, 1.82) is 0 Å². The summed E-state index contributed by atoms with van der Waals surface area (Å²) >= 11 is 0. The van der Waals surface area contributed by atoms with Crippen LogP contribution in [0.4, 0.5) is 0 Å². The summed E-state index contributed by atoms with van der Waals surface area (Å²) in [6.45, 7) is 7.57. The predicted octanol–water partition coefficient (Wildman–Crippen LogP) is 14.9. The molecule has 1 N–H and O–H groups in total. The van der Waals surface area contributed by atoms with Gasteiger partial charge in [0.25, 0.3) is 0 Å². The minimum absolute atomic E-state index is 0.0259. The van der Waals surface area contributed by atoms with Crippen molar-refractivity contribution in [3.05, 3.63) is 95.9 Å². The summed E-state index contributed by atoms with van der Waals surface area (Å²) in [6.07, 6.45) is 61.6. The first kappa shape index (κ1) is 45.0. The van der Waals surface area contributed by atoms with Gasteiger partial charge in [-0.05, 0) is 167 Å². The van der Waals surface area contributed by atoms with Crippen LogP contribution in [0.2, 0.25) is 0 Å². The maximum atomic E-state index is 7.72. The summed E-state index contributed by atoms with van der Waals surface area (Å²) in [5, 5.41) is 4.30. The Morgan fingerprint density at radius 2 is 1.39 bits per heavy atom. The summed E-state index contributed by atoms with van der Waals surface area (Å²) in [7, 11) is 0. The molecule has 5 heteroatoms. The summed E-state index contributed by atoms with van der Waals surface area (Å²) in [6, 6.07) is 0. The molecule has 67 heavy (non-hydrogen) atoms. The van der Waals surface area contributed by atoms with E-state index in [4.69, 9.17) is 19.5 Å². The Bertz CT molecular complexity index is 2140. The van der Waals surface area contributed by atoms with Crippen molar-refractivity contribution in [3.8, 4) is 0 Å². The lowest BCUT2D eigenvalue weighted by molar-refractivity contribution is -0.219. The van der Waals surface area contributed by atoms with Crippen molar-refractivity contribution in [2.45, 2.75) is 193 Å². The van der Waals surface area contributed by atoms with Crippen molar-refractivity contribution >= 4 is 11.7 Å². The number of ether oxygens (including phenoxy) is 2. The smallest absolute Gasteiger partial charge is 0.133 e. The van der Waals surface area contributed by atoms with Crippen LogP contribution in [-0.4, -0.2) is 36.1 Å². The zero-order valence-corrected chi connectivity index (χ0v) is 41.7. The topological polar surface area (TPSA) is 55.2 Å². The molecule has 5 nitrogen and oxygen atoms in total. The monoisotopic (exact) mass is 904 g/mol. The van der Waals surface area contributed by atoms with E-state index in [2.05, 4.69) is 105 Å². The number of nitrogens with one attached hydrogen (secondary N) is 1. The summed E-state index contributed by atoms with van der Waals surface area (Å²) < 4.78 is 15.4. The van der Waals surface area contributed by atoms with E-state index in [1.807, 2.05) is 0 Å². The first-order valence-corrected chi connectivity index (χ1v) is 28.7. The van der Waals surface area contributed by atoms with Crippen LogP contribution in [0, 0.1) is 81.8 Å². The van der Waals surface area contributed by atoms with Crippen molar-refractivity contribution < 1.29 is 9.47 Å². The fraction of sp³-hybridized carbons (Fsp3) is 0.710. The summed E-state index contributed by atoms with van der Waals surface area (Å²) in [5.41, 5.74) is 3.55. The molecule has 12 rings (SSSR count). The Morgan fingerprint density at radius 3 is 2.13 bits per heavy atom. The maximum absolute atomic E-state index is 7.72. The van der Waals surface area contributed by atoms with Crippen molar-refractivity contribution in [2.75, 3.05) is 0 Å². The third-order valence-electron chi connectivity index (χ3n) is 21.0. The highest BCUT2D eigenvalue weighted by molar-refractivity contribution is 6.02. The number of hydrogen-bond donors (Lipinski definition) is 1. The molecule has 1 saturated heterocycles. The lowest BCUT2D eigenvalue weighted by Crippen LogP contribution is -2.64. The van der Waals surface area contributed by atoms with E-state index in [0.717, 1.165) is 50.3 Å². The number of aliphatic imine (C=N–C) groups is 2. The third-order valence-corrected chi connectivity index (χ3v) is 21.0. The lowest BCUT2D eigenvalue weighted by Gasteiger charge is -2.64. The fourth-order valence-corrected chi connectivity index (χ4v) is 18.8. The molecular weight excluding hydrogens is 819 g/mol. The summed E-state index contributed by atoms with van der Waals surface area (Å²) in [4.78, 5) is 12.1. The van der Waals surface area contributed by atoms with E-state index in [9.17, 15) is 0 Å². The van der Waals surface area contributed by atoms with Crippen molar-refractivity contribution in [1.82, 2.24) is 5.32 Å². The molecule has 12 aliphatic rings. The molecule has 14 unspecified atom stereocenters. The number of fused-ring (bicyclic) bond motifs is 3. The molecule has 3 heterocycles. The standard InChI is InChI=1S/C62H85N3O2/c1-40-38-41(2)55(42(3)39-40)60-64-58(47-30-20-34-51-56(47)66-53-36-18-16-32-49(53)61(51,43-22-8-4-9-23-43)44-24-10-5-11-25-44)63-59(65-60)48-31-21-35-52-57(48)67-54-37-19-17-33-50(54)62(52,45-26-12-6-13-27-45)46-28-14-7-15-29-46/h4,6,8-9,12-13,16,18,22,26,32-33,36,40-49,51,53-56,60H,5,7,10-11,14-15,17,19-21,23-25,27-31,34-35,37-39H2,1-3H3,(H,63,64,65). The molecule has 14 atom stereocenters. The number of allylic oxidation sites excluding steroid dienone is 12. The molecule has 9 aliphatic carbocycles. The van der Waals surface area contributed by atoms with E-state index in [-0.39, 0.29) is 47.1 Å². The van der Waals surface area contributed by atoms with Gasteiger partial charge in [0, 0.05) is 23.2 Å². The maximum Gasteiger partial charge on any atom is 0.133 e. The Morgan fingerprint density at radius 1 is 0.672 bits per heavy atom. The quantitative estimate of drug-likeness (QED) is 0.259. The molecular formula is C62H85N3O2. The Hall–Kier alpha value is -3.18. The average molecular weight is 904 g/mol. The second-order valence-electron chi connectivity index (χ2n) is 24.5. The van der Waals surface area contributed by atoms with Crippen LogP contribution in [0.3, 0.4) is 0 Å². The van der Waals surface area contributed by atoms with Gasteiger partial charge in [-0.15, -0.1) is 0 Å². The zero-order valence-electron chi connectivity index (χ0n) is 41.7. The molecule has 4 saturated carbocycles. The lowest BCUT2D eigenvalue weighted by atomic mass is 9.44. The highest BCUT2D eigenvalue weighted by atomic mass is 16.5. The molecule has 0 bridgehead atoms. The van der Waals surface area contributed by atoms with E-state index in [1.165, 1.54) is 121 Å². The third kappa shape index (κ3) is 7.60. The number of rotatable bonds is 7. The van der Waals surface area contributed by atoms with Gasteiger partial charge in [-0.1, -0.05) is 145 Å². The van der Waals surface area contributed by atoms with E-state index >= 15 is 0 Å². The van der Waals surface area contributed by atoms with Crippen LogP contribution in [-0.2, 0) is 9.47 Å². The Kier molecular flexibility index (Phi) is 12.7. The van der Waals surface area contributed by atoms with Crippen LogP contribution in [0.1, 0.15) is 168 Å². The molecule has 0 radical (unpaired) electrons.